The highest BCUT2D eigenvalue weighted by atomic mass is 16.5. The second kappa shape index (κ2) is 6.92. The number of ether oxygens (including phenoxy) is 1. The number of hydrogen-bond donors (Lipinski definition) is 2. The van der Waals surface area contributed by atoms with E-state index in [2.05, 4.69) is 29.4 Å². The lowest BCUT2D eigenvalue weighted by Crippen LogP contribution is -2.26. The average Bonchev–Trinajstić information content (AvgIpc) is 3.00. The normalized spacial score (nSPS) is 12.2. The molecule has 21 heavy (non-hydrogen) atoms. The Labute approximate surface area is 124 Å². The third-order valence-electron chi connectivity index (χ3n) is 3.07. The van der Waals surface area contributed by atoms with Gasteiger partial charge in [-0.25, -0.2) is 0 Å². The van der Waals surface area contributed by atoms with Crippen molar-refractivity contribution in [3.05, 3.63) is 47.8 Å². The summed E-state index contributed by atoms with van der Waals surface area (Å²) >= 11 is 0. The van der Waals surface area contributed by atoms with Gasteiger partial charge in [0, 0.05) is 17.3 Å². The van der Waals surface area contributed by atoms with E-state index in [4.69, 9.17) is 4.74 Å². The smallest absolute Gasteiger partial charge is 0.251 e. The van der Waals surface area contributed by atoms with Crippen molar-refractivity contribution in [2.75, 3.05) is 6.61 Å². The van der Waals surface area contributed by atoms with Crippen LogP contribution in [0.25, 0.3) is 0 Å². The molecule has 0 saturated carbocycles. The van der Waals surface area contributed by atoms with Crippen LogP contribution in [-0.2, 0) is 0 Å². The van der Waals surface area contributed by atoms with Gasteiger partial charge in [-0.2, -0.15) is 5.10 Å². The molecule has 5 heteroatoms. The van der Waals surface area contributed by atoms with Crippen molar-refractivity contribution in [2.45, 2.75) is 26.8 Å². The number of hydrogen-bond acceptors (Lipinski definition) is 3. The predicted octanol–water partition coefficient (Wildman–Crippen LogP) is 2.94. The van der Waals surface area contributed by atoms with Crippen LogP contribution in [0.3, 0.4) is 0 Å². The number of benzene rings is 1. The van der Waals surface area contributed by atoms with Gasteiger partial charge in [-0.3, -0.25) is 9.89 Å². The van der Waals surface area contributed by atoms with Crippen LogP contribution in [0.1, 0.15) is 42.7 Å². The summed E-state index contributed by atoms with van der Waals surface area (Å²) in [5.41, 5.74) is 1.56. The summed E-state index contributed by atoms with van der Waals surface area (Å²) in [4.78, 5) is 12.1. The molecule has 0 spiro atoms. The molecule has 2 aromatic rings. The molecule has 0 radical (unpaired) electrons. The maximum atomic E-state index is 12.1. The summed E-state index contributed by atoms with van der Waals surface area (Å²) in [6, 6.07) is 7.09. The molecule has 2 N–H and O–H groups in total. The van der Waals surface area contributed by atoms with Crippen molar-refractivity contribution in [3.63, 3.8) is 0 Å². The number of amides is 1. The number of aromatic nitrogens is 2. The van der Waals surface area contributed by atoms with Gasteiger partial charge in [0.15, 0.2) is 0 Å². The first-order valence-electron chi connectivity index (χ1n) is 7.08. The van der Waals surface area contributed by atoms with Gasteiger partial charge >= 0.3 is 0 Å². The Morgan fingerprint density at radius 1 is 1.29 bits per heavy atom. The Bertz CT molecular complexity index is 562. The summed E-state index contributed by atoms with van der Waals surface area (Å²) in [6.07, 6.45) is 3.47. The van der Waals surface area contributed by atoms with Gasteiger partial charge in [-0.15, -0.1) is 0 Å². The van der Waals surface area contributed by atoms with E-state index in [0.717, 1.165) is 11.3 Å². The summed E-state index contributed by atoms with van der Waals surface area (Å²) in [7, 11) is 0. The van der Waals surface area contributed by atoms with Gasteiger partial charge in [0.1, 0.15) is 5.75 Å². The van der Waals surface area contributed by atoms with Crippen molar-refractivity contribution in [2.24, 2.45) is 5.92 Å². The summed E-state index contributed by atoms with van der Waals surface area (Å²) in [5.74, 6) is 1.14. The second-order valence-corrected chi connectivity index (χ2v) is 5.46. The largest absolute Gasteiger partial charge is 0.493 e. The quantitative estimate of drug-likeness (QED) is 0.858. The number of carbonyl (C=O) groups is 1. The molecule has 0 fully saturated rings. The number of H-pyrrole nitrogens is 1. The Kier molecular flexibility index (Phi) is 4.98. The maximum absolute atomic E-state index is 12.1. The van der Waals surface area contributed by atoms with Crippen LogP contribution in [0, 0.1) is 5.92 Å². The fourth-order valence-electron chi connectivity index (χ4n) is 1.83. The summed E-state index contributed by atoms with van der Waals surface area (Å²) in [6.45, 7) is 6.78. The van der Waals surface area contributed by atoms with Gasteiger partial charge < -0.3 is 10.1 Å². The van der Waals surface area contributed by atoms with Crippen LogP contribution in [0.4, 0.5) is 0 Å². The second-order valence-electron chi connectivity index (χ2n) is 5.46. The summed E-state index contributed by atoms with van der Waals surface area (Å²) < 4.78 is 5.60. The highest BCUT2D eigenvalue weighted by Crippen LogP contribution is 2.15. The van der Waals surface area contributed by atoms with E-state index in [9.17, 15) is 4.79 Å². The van der Waals surface area contributed by atoms with Gasteiger partial charge in [0.25, 0.3) is 5.91 Å². The number of nitrogens with zero attached hydrogens (tertiary/aromatic N) is 1. The lowest BCUT2D eigenvalue weighted by Gasteiger charge is -2.13. The van der Waals surface area contributed by atoms with Crippen LogP contribution in [0.5, 0.6) is 5.75 Å². The average molecular weight is 287 g/mol. The molecule has 5 nitrogen and oxygen atoms in total. The molecule has 0 saturated heterocycles. The molecule has 0 aliphatic heterocycles. The Hall–Kier alpha value is -2.30. The van der Waals surface area contributed by atoms with Crippen molar-refractivity contribution >= 4 is 5.91 Å². The molecule has 0 aliphatic carbocycles. The third kappa shape index (κ3) is 4.34. The van der Waals surface area contributed by atoms with Crippen LogP contribution in [0.2, 0.25) is 0 Å². The number of carbonyl (C=O) groups excluding carboxylic acids is 1. The molecular weight excluding hydrogens is 266 g/mol. The van der Waals surface area contributed by atoms with E-state index in [1.807, 2.05) is 19.1 Å². The molecule has 1 atom stereocenters. The van der Waals surface area contributed by atoms with Crippen LogP contribution in [-0.4, -0.2) is 22.7 Å². The van der Waals surface area contributed by atoms with Crippen molar-refractivity contribution in [1.29, 1.82) is 0 Å². The predicted molar refractivity (Wildman–Crippen MR) is 81.2 cm³/mol. The molecular formula is C16H21N3O2. The molecule has 1 aromatic carbocycles. The van der Waals surface area contributed by atoms with E-state index in [-0.39, 0.29) is 11.9 Å². The molecule has 0 aliphatic rings. The Balaban J connectivity index is 1.93. The molecule has 112 valence electrons. The zero-order valence-corrected chi connectivity index (χ0v) is 12.6. The lowest BCUT2D eigenvalue weighted by atomic mass is 10.1. The van der Waals surface area contributed by atoms with Crippen LogP contribution in [0.15, 0.2) is 36.7 Å². The number of nitrogens with one attached hydrogen (secondary N) is 2. The van der Waals surface area contributed by atoms with Crippen molar-refractivity contribution < 1.29 is 9.53 Å². The molecule has 1 unspecified atom stereocenters. The van der Waals surface area contributed by atoms with E-state index < -0.39 is 0 Å². The van der Waals surface area contributed by atoms with E-state index in [0.29, 0.717) is 18.1 Å². The third-order valence-corrected chi connectivity index (χ3v) is 3.07. The van der Waals surface area contributed by atoms with Crippen molar-refractivity contribution in [1.82, 2.24) is 15.5 Å². The SMILES string of the molecule is CC(C)COc1ccc(C(=O)NC(C)c2cn[nH]c2)cc1. The first-order valence-corrected chi connectivity index (χ1v) is 7.08. The monoisotopic (exact) mass is 287 g/mol. The topological polar surface area (TPSA) is 67.0 Å². The van der Waals surface area contributed by atoms with Gasteiger partial charge in [0.2, 0.25) is 0 Å². The fraction of sp³-hybridized carbons (Fsp3) is 0.375. The minimum absolute atomic E-state index is 0.0897. The first kappa shape index (κ1) is 15.1. The zero-order valence-electron chi connectivity index (χ0n) is 12.6. The standard InChI is InChI=1S/C16H21N3O2/c1-11(2)10-21-15-6-4-13(5-7-15)16(20)19-12(3)14-8-17-18-9-14/h4-9,11-12H,10H2,1-3H3,(H,17,18)(H,19,20). The highest BCUT2D eigenvalue weighted by molar-refractivity contribution is 5.94. The van der Waals surface area contributed by atoms with Crippen molar-refractivity contribution in [3.8, 4) is 5.75 Å². The number of aromatic amines is 1. The van der Waals surface area contributed by atoms with E-state index >= 15 is 0 Å². The minimum atomic E-state index is -0.112. The first-order chi connectivity index (χ1) is 10.1. The molecule has 1 aromatic heterocycles. The molecule has 0 bridgehead atoms. The van der Waals surface area contributed by atoms with Crippen LogP contribution < -0.4 is 10.1 Å². The van der Waals surface area contributed by atoms with Gasteiger partial charge in [-0.05, 0) is 37.1 Å². The molecule has 2 rings (SSSR count). The van der Waals surface area contributed by atoms with E-state index in [1.165, 1.54) is 0 Å². The highest BCUT2D eigenvalue weighted by Gasteiger charge is 2.12. The van der Waals surface area contributed by atoms with Crippen LogP contribution >= 0.6 is 0 Å². The maximum Gasteiger partial charge on any atom is 0.251 e. The lowest BCUT2D eigenvalue weighted by molar-refractivity contribution is 0.0940. The molecule has 1 amide bonds. The summed E-state index contributed by atoms with van der Waals surface area (Å²) in [5, 5.41) is 9.54. The molecule has 1 heterocycles. The fourth-order valence-corrected chi connectivity index (χ4v) is 1.83. The zero-order chi connectivity index (χ0) is 15.2. The van der Waals surface area contributed by atoms with Gasteiger partial charge in [0.05, 0.1) is 18.8 Å². The Morgan fingerprint density at radius 2 is 2.00 bits per heavy atom. The minimum Gasteiger partial charge on any atom is -0.493 e. The van der Waals surface area contributed by atoms with Gasteiger partial charge in [-0.1, -0.05) is 13.8 Å². The van der Waals surface area contributed by atoms with E-state index in [1.54, 1.807) is 24.5 Å². The number of rotatable bonds is 6. The Morgan fingerprint density at radius 3 is 2.57 bits per heavy atom.